The number of nitrogens with zero attached hydrogens (tertiary/aromatic N) is 3. The van der Waals surface area contributed by atoms with E-state index in [9.17, 15) is 10.1 Å². The van der Waals surface area contributed by atoms with Crippen LogP contribution in [0.1, 0.15) is 5.69 Å². The van der Waals surface area contributed by atoms with E-state index < -0.39 is 4.92 Å². The molecular weight excluding hydrogens is 278 g/mol. The van der Waals surface area contributed by atoms with Gasteiger partial charge in [-0.25, -0.2) is 0 Å². The highest BCUT2D eigenvalue weighted by atomic mass is 32.1. The van der Waals surface area contributed by atoms with E-state index in [1.165, 1.54) is 12.1 Å². The summed E-state index contributed by atoms with van der Waals surface area (Å²) in [6.45, 7) is 0. The Morgan fingerprint density at radius 2 is 2.10 bits per heavy atom. The van der Waals surface area contributed by atoms with Crippen LogP contribution in [0.5, 0.6) is 0 Å². The molecule has 0 aliphatic carbocycles. The fraction of sp³-hybridized carbons (Fsp3) is 0. The van der Waals surface area contributed by atoms with E-state index in [1.54, 1.807) is 18.3 Å². The maximum Gasteiger partial charge on any atom is 0.269 e. The van der Waals surface area contributed by atoms with Crippen LogP contribution in [0, 0.1) is 10.1 Å². The van der Waals surface area contributed by atoms with Gasteiger partial charge in [0.2, 0.25) is 0 Å². The van der Waals surface area contributed by atoms with Gasteiger partial charge in [0.25, 0.3) is 5.69 Å². The minimum Gasteiger partial charge on any atom is -0.375 e. The molecule has 0 unspecified atom stereocenters. The first-order valence-electron chi connectivity index (χ1n) is 5.58. The van der Waals surface area contributed by atoms with Gasteiger partial charge in [-0.15, -0.1) is 0 Å². The van der Waals surface area contributed by atoms with Gasteiger partial charge in [-0.2, -0.15) is 5.10 Å². The Bertz CT molecular complexity index is 663. The Morgan fingerprint density at radius 3 is 2.70 bits per heavy atom. The van der Waals surface area contributed by atoms with Crippen LogP contribution in [0.15, 0.2) is 47.7 Å². The van der Waals surface area contributed by atoms with Gasteiger partial charge < -0.3 is 10.3 Å². The van der Waals surface area contributed by atoms with E-state index in [0.29, 0.717) is 0 Å². The second-order valence-electron chi connectivity index (χ2n) is 3.81. The van der Waals surface area contributed by atoms with Crippen LogP contribution in [0.2, 0.25) is 0 Å². The van der Waals surface area contributed by atoms with E-state index >= 15 is 0 Å². The molecule has 2 aromatic rings. The molecule has 102 valence electrons. The quantitative estimate of drug-likeness (QED) is 0.385. The molecule has 7 nitrogen and oxygen atoms in total. The van der Waals surface area contributed by atoms with Gasteiger partial charge in [0, 0.05) is 24.0 Å². The number of hydrazone groups is 1. The Hall–Kier alpha value is -2.74. The van der Waals surface area contributed by atoms with Crippen LogP contribution in [0.4, 0.5) is 5.69 Å². The highest BCUT2D eigenvalue weighted by Crippen LogP contribution is 2.16. The molecule has 1 aromatic heterocycles. The Balaban J connectivity index is 2.25. The van der Waals surface area contributed by atoms with E-state index in [0.717, 1.165) is 11.4 Å². The monoisotopic (exact) mass is 289 g/mol. The molecule has 1 heterocycles. The number of thiocarbonyl (C=S) groups is 1. The molecule has 20 heavy (non-hydrogen) atoms. The highest BCUT2D eigenvalue weighted by molar-refractivity contribution is 7.80. The molecule has 3 N–H and O–H groups in total. The van der Waals surface area contributed by atoms with Gasteiger partial charge in [-0.1, -0.05) is 0 Å². The maximum atomic E-state index is 10.6. The van der Waals surface area contributed by atoms with Gasteiger partial charge in [-0.05, 0) is 36.5 Å². The average Bonchev–Trinajstić information content (AvgIpc) is 2.87. The first-order valence-corrected chi connectivity index (χ1v) is 5.99. The molecule has 0 radical (unpaired) electrons. The van der Waals surface area contributed by atoms with Crippen LogP contribution in [-0.4, -0.2) is 20.8 Å². The number of nitro groups is 1. The zero-order valence-electron chi connectivity index (χ0n) is 10.3. The first-order chi connectivity index (χ1) is 9.58. The summed E-state index contributed by atoms with van der Waals surface area (Å²) in [6, 6.07) is 9.90. The summed E-state index contributed by atoms with van der Waals surface area (Å²) in [5, 5.41) is 14.6. The molecule has 0 aliphatic rings. The number of nitrogens with two attached hydrogens (primary N) is 1. The lowest BCUT2D eigenvalue weighted by molar-refractivity contribution is -0.384. The van der Waals surface area contributed by atoms with Gasteiger partial charge in [0.15, 0.2) is 5.11 Å². The van der Waals surface area contributed by atoms with Crippen LogP contribution < -0.4 is 11.2 Å². The van der Waals surface area contributed by atoms with Crippen molar-refractivity contribution in [2.45, 2.75) is 0 Å². The van der Waals surface area contributed by atoms with Crippen molar-refractivity contribution in [3.05, 3.63) is 58.4 Å². The second-order valence-corrected chi connectivity index (χ2v) is 4.25. The predicted molar refractivity (Wildman–Crippen MR) is 79.9 cm³/mol. The molecule has 1 aromatic carbocycles. The van der Waals surface area contributed by atoms with Gasteiger partial charge in [0.1, 0.15) is 0 Å². The molecule has 0 amide bonds. The lowest BCUT2D eigenvalue weighted by atomic mass is 10.3. The first kappa shape index (κ1) is 13.7. The van der Waals surface area contributed by atoms with Gasteiger partial charge >= 0.3 is 0 Å². The molecule has 0 atom stereocenters. The normalized spacial score (nSPS) is 10.6. The molecule has 0 saturated heterocycles. The van der Waals surface area contributed by atoms with E-state index in [-0.39, 0.29) is 10.8 Å². The third kappa shape index (κ3) is 3.18. The number of non-ortho nitro benzene ring substituents is 1. The van der Waals surface area contributed by atoms with E-state index in [1.807, 2.05) is 22.9 Å². The summed E-state index contributed by atoms with van der Waals surface area (Å²) < 4.78 is 1.83. The highest BCUT2D eigenvalue weighted by Gasteiger charge is 2.06. The minimum atomic E-state index is -0.437. The summed E-state index contributed by atoms with van der Waals surface area (Å²) >= 11 is 4.64. The van der Waals surface area contributed by atoms with E-state index in [2.05, 4.69) is 22.7 Å². The lowest BCUT2D eigenvalue weighted by Crippen LogP contribution is -2.24. The summed E-state index contributed by atoms with van der Waals surface area (Å²) in [5.41, 5.74) is 9.34. The summed E-state index contributed by atoms with van der Waals surface area (Å²) in [6.07, 6.45) is 3.38. The van der Waals surface area contributed by atoms with Crippen LogP contribution in [0.25, 0.3) is 5.69 Å². The summed E-state index contributed by atoms with van der Waals surface area (Å²) in [5.74, 6) is 0. The number of benzene rings is 1. The summed E-state index contributed by atoms with van der Waals surface area (Å²) in [7, 11) is 0. The zero-order chi connectivity index (χ0) is 14.5. The number of aromatic nitrogens is 1. The van der Waals surface area contributed by atoms with Crippen LogP contribution in [0.3, 0.4) is 0 Å². The SMILES string of the molecule is NC(=S)N/N=C\c1cccn1-c1ccc([N+](=O)[O-])cc1. The van der Waals surface area contributed by atoms with Crippen molar-refractivity contribution < 1.29 is 4.92 Å². The molecule has 2 rings (SSSR count). The number of nitrogens with one attached hydrogen (secondary N) is 1. The molecule has 0 spiro atoms. The van der Waals surface area contributed by atoms with Crippen LogP contribution >= 0.6 is 12.2 Å². The van der Waals surface area contributed by atoms with Crippen molar-refractivity contribution in [1.29, 1.82) is 0 Å². The van der Waals surface area contributed by atoms with E-state index in [4.69, 9.17) is 5.73 Å². The largest absolute Gasteiger partial charge is 0.375 e. The third-order valence-electron chi connectivity index (χ3n) is 2.49. The minimum absolute atomic E-state index is 0.0475. The van der Waals surface area contributed by atoms with Crippen molar-refractivity contribution in [1.82, 2.24) is 9.99 Å². The summed E-state index contributed by atoms with van der Waals surface area (Å²) in [4.78, 5) is 10.2. The molecular formula is C12H11N5O2S. The van der Waals surface area contributed by atoms with Gasteiger partial charge in [-0.3, -0.25) is 15.5 Å². The van der Waals surface area contributed by atoms with Crippen molar-refractivity contribution in [2.24, 2.45) is 10.8 Å². The molecule has 8 heteroatoms. The topological polar surface area (TPSA) is 98.5 Å². The Labute approximate surface area is 119 Å². The molecule has 0 aliphatic heterocycles. The molecule has 0 bridgehead atoms. The zero-order valence-corrected chi connectivity index (χ0v) is 11.1. The maximum absolute atomic E-state index is 10.6. The second kappa shape index (κ2) is 5.93. The van der Waals surface area contributed by atoms with Crippen molar-refractivity contribution in [2.75, 3.05) is 0 Å². The van der Waals surface area contributed by atoms with Crippen molar-refractivity contribution >= 4 is 29.2 Å². The predicted octanol–water partition coefficient (Wildman–Crippen LogP) is 1.55. The fourth-order valence-corrected chi connectivity index (χ4v) is 1.68. The Kier molecular flexibility index (Phi) is 4.06. The average molecular weight is 289 g/mol. The number of nitro benzene ring substituents is 1. The number of hydrogen-bond acceptors (Lipinski definition) is 4. The third-order valence-corrected chi connectivity index (χ3v) is 2.58. The molecule has 0 saturated carbocycles. The number of rotatable bonds is 4. The van der Waals surface area contributed by atoms with Crippen molar-refractivity contribution in [3.63, 3.8) is 0 Å². The fourth-order valence-electron chi connectivity index (χ4n) is 1.63. The van der Waals surface area contributed by atoms with Crippen LogP contribution in [-0.2, 0) is 0 Å². The standard InChI is InChI=1S/C12H11N5O2S/c13-12(20)15-14-8-11-2-1-7-16(11)9-3-5-10(6-4-9)17(18)19/h1-8H,(H3,13,15,20)/b14-8-. The Morgan fingerprint density at radius 1 is 1.40 bits per heavy atom. The van der Waals surface area contributed by atoms with Crippen molar-refractivity contribution in [3.8, 4) is 5.69 Å². The van der Waals surface area contributed by atoms with Gasteiger partial charge in [0.05, 0.1) is 16.8 Å². The number of hydrogen-bond donors (Lipinski definition) is 2. The molecule has 0 fully saturated rings. The lowest BCUT2D eigenvalue weighted by Gasteiger charge is -2.05. The smallest absolute Gasteiger partial charge is 0.269 e.